The number of aromatic nitrogens is 6. The number of nitrogens with zero attached hydrogens (tertiary/aromatic N) is 6. The predicted molar refractivity (Wildman–Crippen MR) is 62.3 cm³/mol. The maximum atomic E-state index is 12.2. The maximum Gasteiger partial charge on any atom is 0.337 e. The number of fused-ring (bicyclic) bond motifs is 1. The lowest BCUT2D eigenvalue weighted by Gasteiger charge is -2.05. The third kappa shape index (κ3) is 1.48. The molecule has 0 aliphatic heterocycles. The van der Waals surface area contributed by atoms with Crippen LogP contribution in [0.25, 0.3) is 11.2 Å². The first-order chi connectivity index (χ1) is 8.60. The van der Waals surface area contributed by atoms with E-state index in [1.165, 1.54) is 25.0 Å². The Morgan fingerprint density at radius 2 is 2.00 bits per heavy atom. The summed E-state index contributed by atoms with van der Waals surface area (Å²) >= 11 is 5.80. The van der Waals surface area contributed by atoms with Crippen molar-refractivity contribution < 1.29 is 8.42 Å². The van der Waals surface area contributed by atoms with Crippen molar-refractivity contribution in [1.29, 1.82) is 0 Å². The highest BCUT2D eigenvalue weighted by Gasteiger charge is 2.20. The van der Waals surface area contributed by atoms with Gasteiger partial charge in [0.25, 0.3) is 0 Å². The molecule has 3 rings (SSSR count). The first-order valence-corrected chi connectivity index (χ1v) is 6.46. The molecule has 92 valence electrons. The van der Waals surface area contributed by atoms with Gasteiger partial charge < -0.3 is 0 Å². The van der Waals surface area contributed by atoms with Crippen LogP contribution in [0.1, 0.15) is 0 Å². The first-order valence-electron chi connectivity index (χ1n) is 4.68. The molecule has 0 amide bonds. The average molecular weight is 285 g/mol. The van der Waals surface area contributed by atoms with E-state index in [2.05, 4.69) is 19.9 Å². The first kappa shape index (κ1) is 11.1. The van der Waals surface area contributed by atoms with E-state index in [1.54, 1.807) is 0 Å². The summed E-state index contributed by atoms with van der Waals surface area (Å²) in [5.41, 5.74) is 0.339. The van der Waals surface area contributed by atoms with Crippen molar-refractivity contribution in [2.45, 2.75) is 0 Å². The van der Waals surface area contributed by atoms with Crippen molar-refractivity contribution in [2.24, 2.45) is 0 Å². The smallest absolute Gasteiger partial charge is 0.244 e. The highest BCUT2D eigenvalue weighted by molar-refractivity contribution is 7.88. The molecule has 3 heterocycles. The summed E-state index contributed by atoms with van der Waals surface area (Å²) in [6.07, 6.45) is 6.14. The minimum absolute atomic E-state index is 0.0968. The monoisotopic (exact) mass is 284 g/mol. The highest BCUT2D eigenvalue weighted by Crippen LogP contribution is 2.18. The molecular weight excluding hydrogens is 280 g/mol. The number of halogens is 1. The lowest BCUT2D eigenvalue weighted by molar-refractivity contribution is 0.579. The lowest BCUT2D eigenvalue weighted by atomic mass is 10.6. The van der Waals surface area contributed by atoms with E-state index in [1.807, 2.05) is 0 Å². The van der Waals surface area contributed by atoms with Gasteiger partial charge in [-0.2, -0.15) is 12.4 Å². The molecule has 0 N–H and O–H groups in total. The van der Waals surface area contributed by atoms with Gasteiger partial charge in [0.2, 0.25) is 0 Å². The highest BCUT2D eigenvalue weighted by atomic mass is 35.5. The second-order valence-corrected chi connectivity index (χ2v) is 5.35. The van der Waals surface area contributed by atoms with E-state index in [-0.39, 0.29) is 16.3 Å². The number of imidazole rings is 2. The molecule has 0 aliphatic carbocycles. The van der Waals surface area contributed by atoms with Crippen LogP contribution in [-0.2, 0) is 10.2 Å². The van der Waals surface area contributed by atoms with Crippen LogP contribution in [0.5, 0.6) is 0 Å². The zero-order valence-electron chi connectivity index (χ0n) is 8.67. The number of rotatable bonds is 2. The molecule has 0 unspecified atom stereocenters. The van der Waals surface area contributed by atoms with Crippen molar-refractivity contribution in [3.8, 4) is 0 Å². The van der Waals surface area contributed by atoms with Crippen LogP contribution in [0.2, 0.25) is 5.15 Å². The zero-order valence-corrected chi connectivity index (χ0v) is 10.2. The van der Waals surface area contributed by atoms with Gasteiger partial charge in [-0.25, -0.2) is 23.9 Å². The summed E-state index contributed by atoms with van der Waals surface area (Å²) in [7, 11) is -3.84. The number of hydrogen-bond donors (Lipinski definition) is 0. The Labute approximate surface area is 106 Å². The third-order valence-corrected chi connectivity index (χ3v) is 4.04. The topological polar surface area (TPSA) is 95.6 Å². The Morgan fingerprint density at radius 1 is 1.17 bits per heavy atom. The van der Waals surface area contributed by atoms with Crippen LogP contribution in [0.4, 0.5) is 0 Å². The van der Waals surface area contributed by atoms with Crippen LogP contribution < -0.4 is 0 Å². The predicted octanol–water partition coefficient (Wildman–Crippen LogP) is 0.317. The van der Waals surface area contributed by atoms with Gasteiger partial charge in [0.1, 0.15) is 24.5 Å². The van der Waals surface area contributed by atoms with E-state index >= 15 is 0 Å². The van der Waals surface area contributed by atoms with Crippen molar-refractivity contribution in [1.82, 2.24) is 27.9 Å². The van der Waals surface area contributed by atoms with Gasteiger partial charge in [0.15, 0.2) is 10.8 Å². The molecule has 3 aromatic heterocycles. The fraction of sp³-hybridized carbons (Fsp3) is 0. The number of hydrogen-bond acceptors (Lipinski definition) is 6. The molecule has 0 aliphatic rings. The fourth-order valence-corrected chi connectivity index (χ4v) is 2.72. The van der Waals surface area contributed by atoms with Crippen molar-refractivity contribution in [3.63, 3.8) is 0 Å². The molecule has 0 saturated carbocycles. The molecule has 3 aromatic rings. The van der Waals surface area contributed by atoms with E-state index < -0.39 is 10.2 Å². The van der Waals surface area contributed by atoms with E-state index in [9.17, 15) is 8.42 Å². The van der Waals surface area contributed by atoms with Crippen LogP contribution in [0.3, 0.4) is 0 Å². The molecule has 0 atom stereocenters. The Hall–Kier alpha value is -2.00. The minimum Gasteiger partial charge on any atom is -0.244 e. The second kappa shape index (κ2) is 3.75. The van der Waals surface area contributed by atoms with Crippen LogP contribution in [-0.4, -0.2) is 36.3 Å². The summed E-state index contributed by atoms with van der Waals surface area (Å²) in [5.74, 6) is 0. The van der Waals surface area contributed by atoms with Gasteiger partial charge >= 0.3 is 10.2 Å². The maximum absolute atomic E-state index is 12.2. The molecule has 0 radical (unpaired) electrons. The van der Waals surface area contributed by atoms with Gasteiger partial charge in [0, 0.05) is 12.4 Å². The van der Waals surface area contributed by atoms with Gasteiger partial charge in [-0.3, -0.25) is 0 Å². The summed E-state index contributed by atoms with van der Waals surface area (Å²) in [4.78, 5) is 15.2. The van der Waals surface area contributed by atoms with Gasteiger partial charge in [-0.05, 0) is 0 Å². The van der Waals surface area contributed by atoms with Crippen LogP contribution >= 0.6 is 11.6 Å². The van der Waals surface area contributed by atoms with E-state index in [0.717, 1.165) is 14.3 Å². The minimum atomic E-state index is -3.84. The zero-order chi connectivity index (χ0) is 12.8. The van der Waals surface area contributed by atoms with Crippen LogP contribution in [0, 0.1) is 0 Å². The van der Waals surface area contributed by atoms with Gasteiger partial charge in [-0.15, -0.1) is 0 Å². The standard InChI is InChI=1S/C8H5ClN6O2S/c9-7-6-8(12-3-11-7)15(5-13-6)18(16,17)14-2-1-10-4-14/h1-5H. The molecule has 0 aromatic carbocycles. The molecule has 0 saturated heterocycles. The fourth-order valence-electron chi connectivity index (χ4n) is 1.44. The largest absolute Gasteiger partial charge is 0.337 e. The molecular formula is C8H5ClN6O2S. The lowest BCUT2D eigenvalue weighted by Crippen LogP contribution is -2.19. The molecule has 10 heteroatoms. The molecule has 0 spiro atoms. The Morgan fingerprint density at radius 3 is 2.72 bits per heavy atom. The Bertz CT molecular complexity index is 809. The third-order valence-electron chi connectivity index (χ3n) is 2.25. The molecule has 8 nitrogen and oxygen atoms in total. The van der Waals surface area contributed by atoms with Crippen molar-refractivity contribution >= 4 is 33.0 Å². The van der Waals surface area contributed by atoms with E-state index in [4.69, 9.17) is 11.6 Å². The summed E-state index contributed by atoms with van der Waals surface area (Å²) in [6.45, 7) is 0. The quantitative estimate of drug-likeness (QED) is 0.629. The molecule has 0 fully saturated rings. The van der Waals surface area contributed by atoms with E-state index in [0.29, 0.717) is 0 Å². The summed E-state index contributed by atoms with van der Waals surface area (Å²) in [6, 6.07) is 0. The average Bonchev–Trinajstić information content (AvgIpc) is 2.99. The Kier molecular flexibility index (Phi) is 2.31. The van der Waals surface area contributed by atoms with Crippen LogP contribution in [0.15, 0.2) is 31.4 Å². The van der Waals surface area contributed by atoms with Gasteiger partial charge in [0.05, 0.1) is 0 Å². The van der Waals surface area contributed by atoms with Crippen molar-refractivity contribution in [2.75, 3.05) is 0 Å². The second-order valence-electron chi connectivity index (χ2n) is 3.28. The van der Waals surface area contributed by atoms with Gasteiger partial charge in [-0.1, -0.05) is 11.6 Å². The SMILES string of the molecule is O=S(=O)(n1ccnc1)n1cnc2c(Cl)ncnc21. The molecule has 0 bridgehead atoms. The van der Waals surface area contributed by atoms with Crippen molar-refractivity contribution in [3.05, 3.63) is 36.5 Å². The summed E-state index contributed by atoms with van der Waals surface area (Å²) < 4.78 is 26.3. The summed E-state index contributed by atoms with van der Waals surface area (Å²) in [5, 5.41) is 0.0968. The normalized spacial score (nSPS) is 12.1. The molecule has 18 heavy (non-hydrogen) atoms. The Balaban J connectivity index is 2.31.